The van der Waals surface area contributed by atoms with Gasteiger partial charge in [0.05, 0.1) is 4.58 Å². The van der Waals surface area contributed by atoms with Crippen LogP contribution in [0, 0.1) is 0 Å². The smallest absolute Gasteiger partial charge is 0.256 e. The standard InChI is InChI=1S/C24H21N3OS2/c28-23(18-10-12-19(13-11-18)24-29-15-6-16-30-24)26-22-21(17-7-2-1-3-8-17)25-20-9-4-5-14-27(20)22/h1-5,7-14,24H,6,15-16H2,(H,26,28). The number of pyridine rings is 1. The van der Waals surface area contributed by atoms with Crippen LogP contribution in [0.1, 0.15) is 26.9 Å². The molecule has 150 valence electrons. The summed E-state index contributed by atoms with van der Waals surface area (Å²) in [5.74, 6) is 2.96. The van der Waals surface area contributed by atoms with Crippen LogP contribution in [-0.4, -0.2) is 26.8 Å². The predicted molar refractivity (Wildman–Crippen MR) is 127 cm³/mol. The number of carbonyl (C=O) groups excluding carboxylic acids is 1. The number of hydrogen-bond acceptors (Lipinski definition) is 4. The van der Waals surface area contributed by atoms with Gasteiger partial charge in [-0.3, -0.25) is 9.20 Å². The highest BCUT2D eigenvalue weighted by molar-refractivity contribution is 8.16. The summed E-state index contributed by atoms with van der Waals surface area (Å²) in [4.78, 5) is 17.8. The average Bonchev–Trinajstić information content (AvgIpc) is 3.19. The molecule has 0 bridgehead atoms. The van der Waals surface area contributed by atoms with Crippen molar-refractivity contribution >= 4 is 40.9 Å². The fourth-order valence-corrected chi connectivity index (χ4v) is 6.46. The van der Waals surface area contributed by atoms with Crippen LogP contribution in [0.4, 0.5) is 5.82 Å². The zero-order chi connectivity index (χ0) is 20.3. The number of rotatable bonds is 4. The molecule has 2 aromatic carbocycles. The number of nitrogens with one attached hydrogen (secondary N) is 1. The van der Waals surface area contributed by atoms with Crippen molar-refractivity contribution in [1.82, 2.24) is 9.38 Å². The Balaban J connectivity index is 1.44. The molecule has 4 nitrogen and oxygen atoms in total. The van der Waals surface area contributed by atoms with Crippen LogP contribution in [-0.2, 0) is 0 Å². The fourth-order valence-electron chi connectivity index (χ4n) is 3.56. The highest BCUT2D eigenvalue weighted by atomic mass is 32.2. The number of benzene rings is 2. The van der Waals surface area contributed by atoms with E-state index in [-0.39, 0.29) is 5.91 Å². The van der Waals surface area contributed by atoms with Crippen LogP contribution in [0.2, 0.25) is 0 Å². The summed E-state index contributed by atoms with van der Waals surface area (Å²) >= 11 is 3.97. The molecule has 6 heteroatoms. The highest BCUT2D eigenvalue weighted by Gasteiger charge is 2.19. The lowest BCUT2D eigenvalue weighted by Gasteiger charge is -2.21. The molecule has 5 rings (SSSR count). The third-order valence-corrected chi connectivity index (χ3v) is 8.10. The van der Waals surface area contributed by atoms with Gasteiger partial charge in [0.1, 0.15) is 17.2 Å². The molecule has 0 atom stereocenters. The first-order valence-corrected chi connectivity index (χ1v) is 12.1. The van der Waals surface area contributed by atoms with Crippen molar-refractivity contribution in [3.8, 4) is 11.3 Å². The maximum absolute atomic E-state index is 13.1. The first-order chi connectivity index (χ1) is 14.8. The van der Waals surface area contributed by atoms with Crippen LogP contribution < -0.4 is 5.32 Å². The molecule has 0 unspecified atom stereocenters. The lowest BCUT2D eigenvalue weighted by molar-refractivity contribution is 0.102. The minimum absolute atomic E-state index is 0.131. The van der Waals surface area contributed by atoms with E-state index in [2.05, 4.69) is 17.4 Å². The molecular weight excluding hydrogens is 410 g/mol. The summed E-state index contributed by atoms with van der Waals surface area (Å²) in [5, 5.41) is 3.10. The largest absolute Gasteiger partial charge is 0.306 e. The Morgan fingerprint density at radius 3 is 2.43 bits per heavy atom. The molecule has 30 heavy (non-hydrogen) atoms. The molecule has 0 aliphatic carbocycles. The number of imidazole rings is 1. The molecule has 1 aliphatic heterocycles. The summed E-state index contributed by atoms with van der Waals surface area (Å²) in [6.45, 7) is 0. The van der Waals surface area contributed by atoms with Gasteiger partial charge >= 0.3 is 0 Å². The summed E-state index contributed by atoms with van der Waals surface area (Å²) < 4.78 is 2.39. The Bertz CT molecular complexity index is 1170. The van der Waals surface area contributed by atoms with Gasteiger partial charge < -0.3 is 5.32 Å². The molecule has 1 fully saturated rings. The molecule has 3 heterocycles. The first-order valence-electron chi connectivity index (χ1n) is 9.96. The number of hydrogen-bond donors (Lipinski definition) is 1. The molecule has 1 N–H and O–H groups in total. The van der Waals surface area contributed by atoms with Crippen molar-refractivity contribution in [2.75, 3.05) is 16.8 Å². The second-order valence-corrected chi connectivity index (χ2v) is 9.83. The number of fused-ring (bicyclic) bond motifs is 1. The average molecular weight is 432 g/mol. The number of amides is 1. The Morgan fingerprint density at radius 2 is 1.67 bits per heavy atom. The van der Waals surface area contributed by atoms with Crippen LogP contribution in [0.3, 0.4) is 0 Å². The summed E-state index contributed by atoms with van der Waals surface area (Å²) in [7, 11) is 0. The van der Waals surface area contributed by atoms with Gasteiger partial charge in [0, 0.05) is 17.3 Å². The van der Waals surface area contributed by atoms with E-state index in [9.17, 15) is 4.79 Å². The van der Waals surface area contributed by atoms with E-state index in [0.29, 0.717) is 16.0 Å². The quantitative estimate of drug-likeness (QED) is 0.423. The van der Waals surface area contributed by atoms with Crippen molar-refractivity contribution in [3.05, 3.63) is 90.1 Å². The summed E-state index contributed by atoms with van der Waals surface area (Å²) in [6, 6.07) is 23.8. The number of nitrogens with zero attached hydrogens (tertiary/aromatic N) is 2. The van der Waals surface area contributed by atoms with E-state index in [1.807, 2.05) is 94.8 Å². The molecule has 1 aliphatic rings. The molecular formula is C24H21N3OS2. The van der Waals surface area contributed by atoms with E-state index >= 15 is 0 Å². The second kappa shape index (κ2) is 8.58. The van der Waals surface area contributed by atoms with E-state index in [1.54, 1.807) is 0 Å². The molecule has 0 spiro atoms. The molecule has 0 saturated carbocycles. The van der Waals surface area contributed by atoms with Gasteiger partial charge in [0.25, 0.3) is 5.91 Å². The van der Waals surface area contributed by atoms with Crippen molar-refractivity contribution < 1.29 is 4.79 Å². The van der Waals surface area contributed by atoms with Gasteiger partial charge in [-0.1, -0.05) is 48.5 Å². The van der Waals surface area contributed by atoms with Crippen LogP contribution in [0.25, 0.3) is 16.9 Å². The third kappa shape index (κ3) is 3.85. The van der Waals surface area contributed by atoms with Crippen LogP contribution >= 0.6 is 23.5 Å². The van der Waals surface area contributed by atoms with E-state index in [4.69, 9.17) is 4.98 Å². The normalized spacial score (nSPS) is 14.7. The lowest BCUT2D eigenvalue weighted by Crippen LogP contribution is -2.14. The Hall–Kier alpha value is -2.70. The van der Waals surface area contributed by atoms with Gasteiger partial charge in [-0.05, 0) is 47.8 Å². The van der Waals surface area contributed by atoms with E-state index in [0.717, 1.165) is 16.9 Å². The Kier molecular flexibility index (Phi) is 5.51. The Morgan fingerprint density at radius 1 is 0.933 bits per heavy atom. The third-order valence-electron chi connectivity index (χ3n) is 5.08. The zero-order valence-electron chi connectivity index (χ0n) is 16.3. The van der Waals surface area contributed by atoms with Gasteiger partial charge in [-0.2, -0.15) is 0 Å². The molecule has 0 radical (unpaired) electrons. The van der Waals surface area contributed by atoms with Crippen LogP contribution in [0.15, 0.2) is 79.0 Å². The van der Waals surface area contributed by atoms with Gasteiger partial charge in [-0.25, -0.2) is 4.98 Å². The molecule has 1 saturated heterocycles. The zero-order valence-corrected chi connectivity index (χ0v) is 18.0. The number of thioether (sulfide) groups is 2. The second-order valence-electron chi connectivity index (χ2n) is 7.11. The monoisotopic (exact) mass is 431 g/mol. The number of aromatic nitrogens is 2. The SMILES string of the molecule is O=C(Nc1c(-c2ccccc2)nc2ccccn12)c1ccc(C2SCCCS2)cc1. The number of carbonyl (C=O) groups is 1. The van der Waals surface area contributed by atoms with Crippen molar-refractivity contribution in [1.29, 1.82) is 0 Å². The van der Waals surface area contributed by atoms with Crippen molar-refractivity contribution in [3.63, 3.8) is 0 Å². The van der Waals surface area contributed by atoms with Crippen LogP contribution in [0.5, 0.6) is 0 Å². The summed E-state index contributed by atoms with van der Waals surface area (Å²) in [6.07, 6.45) is 3.19. The minimum Gasteiger partial charge on any atom is -0.306 e. The van der Waals surface area contributed by atoms with Crippen molar-refractivity contribution in [2.24, 2.45) is 0 Å². The number of anilines is 1. The summed E-state index contributed by atoms with van der Waals surface area (Å²) in [5.41, 5.74) is 4.46. The lowest BCUT2D eigenvalue weighted by atomic mass is 10.1. The molecule has 2 aromatic heterocycles. The van der Waals surface area contributed by atoms with E-state index < -0.39 is 0 Å². The Labute approximate surface area is 184 Å². The van der Waals surface area contributed by atoms with Gasteiger partial charge in [-0.15, -0.1) is 23.5 Å². The molecule has 4 aromatic rings. The maximum Gasteiger partial charge on any atom is 0.256 e. The highest BCUT2D eigenvalue weighted by Crippen LogP contribution is 2.43. The van der Waals surface area contributed by atoms with E-state index in [1.165, 1.54) is 23.5 Å². The van der Waals surface area contributed by atoms with Gasteiger partial charge in [0.15, 0.2) is 0 Å². The fraction of sp³-hybridized carbons (Fsp3) is 0.167. The predicted octanol–water partition coefficient (Wildman–Crippen LogP) is 6.12. The topological polar surface area (TPSA) is 46.4 Å². The van der Waals surface area contributed by atoms with Crippen molar-refractivity contribution in [2.45, 2.75) is 11.0 Å². The first kappa shape index (κ1) is 19.3. The minimum atomic E-state index is -0.131. The molecule has 1 amide bonds. The maximum atomic E-state index is 13.1. The van der Waals surface area contributed by atoms with Gasteiger partial charge in [0.2, 0.25) is 0 Å².